The molecular formula is C18H23N3O3. The number of rotatable bonds is 5. The number of aromatic nitrogens is 3. The highest BCUT2D eigenvalue weighted by molar-refractivity contribution is 5.72. The van der Waals surface area contributed by atoms with Crippen LogP contribution in [0.25, 0.3) is 0 Å². The highest BCUT2D eigenvalue weighted by Crippen LogP contribution is 2.23. The van der Waals surface area contributed by atoms with Crippen LogP contribution in [-0.2, 0) is 35.5 Å². The number of nitrogens with zero attached hydrogens (tertiary/aromatic N) is 3. The maximum absolute atomic E-state index is 11.8. The van der Waals surface area contributed by atoms with Gasteiger partial charge in [-0.2, -0.15) is 0 Å². The average molecular weight is 329 g/mol. The average Bonchev–Trinajstić information content (AvgIpc) is 2.88. The van der Waals surface area contributed by atoms with Crippen molar-refractivity contribution in [3.8, 4) is 5.75 Å². The molecule has 0 aliphatic carbocycles. The van der Waals surface area contributed by atoms with Gasteiger partial charge in [0.05, 0.1) is 13.0 Å². The zero-order chi connectivity index (χ0) is 16.9. The Balaban J connectivity index is 1.69. The van der Waals surface area contributed by atoms with Crippen LogP contribution in [0.2, 0.25) is 0 Å². The highest BCUT2D eigenvalue weighted by atomic mass is 16.5. The van der Waals surface area contributed by atoms with Crippen LogP contribution in [0.5, 0.6) is 5.75 Å². The van der Waals surface area contributed by atoms with Crippen LogP contribution < -0.4 is 4.74 Å². The minimum atomic E-state index is -0.136. The number of ether oxygens (including phenoxy) is 2. The molecule has 1 aromatic carbocycles. The molecule has 0 saturated heterocycles. The first-order chi connectivity index (χ1) is 11.7. The minimum absolute atomic E-state index is 0.0636. The predicted octanol–water partition coefficient (Wildman–Crippen LogP) is 2.55. The van der Waals surface area contributed by atoms with Crippen LogP contribution in [0.15, 0.2) is 24.3 Å². The molecule has 1 unspecified atom stereocenters. The molecule has 1 aliphatic heterocycles. The van der Waals surface area contributed by atoms with Gasteiger partial charge < -0.3 is 14.0 Å². The molecule has 3 rings (SSSR count). The number of methoxy groups -OCH3 is 1. The molecular weight excluding hydrogens is 306 g/mol. The second-order valence-electron chi connectivity index (χ2n) is 5.98. The van der Waals surface area contributed by atoms with Crippen molar-refractivity contribution in [3.05, 3.63) is 41.5 Å². The first-order valence-electron chi connectivity index (χ1n) is 8.42. The largest absolute Gasteiger partial charge is 0.485 e. The van der Waals surface area contributed by atoms with Crippen LogP contribution >= 0.6 is 0 Å². The molecule has 0 saturated carbocycles. The Kier molecular flexibility index (Phi) is 5.13. The summed E-state index contributed by atoms with van der Waals surface area (Å²) in [6.07, 6.45) is 3.16. The van der Waals surface area contributed by atoms with E-state index in [0.29, 0.717) is 6.61 Å². The third kappa shape index (κ3) is 3.42. The van der Waals surface area contributed by atoms with E-state index >= 15 is 0 Å². The number of carbonyl (C=O) groups is 1. The zero-order valence-electron chi connectivity index (χ0n) is 14.2. The van der Waals surface area contributed by atoms with Crippen LogP contribution in [0, 0.1) is 5.92 Å². The third-order valence-electron chi connectivity index (χ3n) is 4.57. The lowest BCUT2D eigenvalue weighted by Gasteiger charge is -2.12. The molecule has 1 atom stereocenters. The fourth-order valence-electron chi connectivity index (χ4n) is 3.14. The number of hydrogen-bond donors (Lipinski definition) is 0. The maximum atomic E-state index is 11.8. The Morgan fingerprint density at radius 2 is 2.12 bits per heavy atom. The van der Waals surface area contributed by atoms with Crippen molar-refractivity contribution < 1.29 is 14.3 Å². The first-order valence-corrected chi connectivity index (χ1v) is 8.42. The zero-order valence-corrected chi connectivity index (χ0v) is 14.2. The van der Waals surface area contributed by atoms with E-state index in [1.54, 1.807) is 0 Å². The van der Waals surface area contributed by atoms with Gasteiger partial charge in [0.2, 0.25) is 0 Å². The van der Waals surface area contributed by atoms with E-state index in [4.69, 9.17) is 9.47 Å². The topological polar surface area (TPSA) is 66.2 Å². The minimum Gasteiger partial charge on any atom is -0.485 e. The Bertz CT molecular complexity index is 711. The fraction of sp³-hybridized carbons (Fsp3) is 0.500. The Labute approximate surface area is 141 Å². The molecule has 1 aliphatic rings. The van der Waals surface area contributed by atoms with Crippen molar-refractivity contribution in [2.24, 2.45) is 5.92 Å². The quantitative estimate of drug-likeness (QED) is 0.789. The van der Waals surface area contributed by atoms with Crippen molar-refractivity contribution in [1.82, 2.24) is 14.8 Å². The van der Waals surface area contributed by atoms with Crippen LogP contribution in [-0.4, -0.2) is 27.8 Å². The number of hydrogen-bond acceptors (Lipinski definition) is 5. The van der Waals surface area contributed by atoms with Gasteiger partial charge in [-0.15, -0.1) is 10.2 Å². The van der Waals surface area contributed by atoms with Crippen LogP contribution in [0.1, 0.15) is 37.0 Å². The monoisotopic (exact) mass is 329 g/mol. The van der Waals surface area contributed by atoms with Gasteiger partial charge >= 0.3 is 5.97 Å². The van der Waals surface area contributed by atoms with Crippen molar-refractivity contribution in [3.63, 3.8) is 0 Å². The maximum Gasteiger partial charge on any atom is 0.308 e. The molecule has 24 heavy (non-hydrogen) atoms. The molecule has 0 radical (unpaired) electrons. The second-order valence-corrected chi connectivity index (χ2v) is 5.98. The van der Waals surface area contributed by atoms with Gasteiger partial charge in [0, 0.05) is 13.0 Å². The van der Waals surface area contributed by atoms with E-state index in [0.717, 1.165) is 49.6 Å². The Morgan fingerprint density at radius 3 is 2.92 bits per heavy atom. The van der Waals surface area contributed by atoms with Crippen molar-refractivity contribution in [2.45, 2.75) is 45.8 Å². The standard InChI is InChI=1S/C18H23N3O3/c1-3-13-6-4-5-7-15(13)24-12-17-20-19-16-9-8-14(18(22)23-2)10-11-21(16)17/h4-7,14H,3,8-12H2,1-2H3. The summed E-state index contributed by atoms with van der Waals surface area (Å²) >= 11 is 0. The van der Waals surface area contributed by atoms with Crippen molar-refractivity contribution in [2.75, 3.05) is 7.11 Å². The lowest BCUT2D eigenvalue weighted by molar-refractivity contribution is -0.145. The number of benzene rings is 1. The molecule has 2 heterocycles. The summed E-state index contributed by atoms with van der Waals surface area (Å²) in [6, 6.07) is 8.04. The molecule has 0 fully saturated rings. The summed E-state index contributed by atoms with van der Waals surface area (Å²) in [5.41, 5.74) is 1.18. The Hall–Kier alpha value is -2.37. The molecule has 0 amide bonds. The fourth-order valence-corrected chi connectivity index (χ4v) is 3.14. The van der Waals surface area contributed by atoms with E-state index in [9.17, 15) is 4.79 Å². The highest BCUT2D eigenvalue weighted by Gasteiger charge is 2.25. The number of fused-ring (bicyclic) bond motifs is 1. The van der Waals surface area contributed by atoms with E-state index in [-0.39, 0.29) is 11.9 Å². The van der Waals surface area contributed by atoms with Gasteiger partial charge in [0.1, 0.15) is 18.2 Å². The number of carbonyl (C=O) groups excluding carboxylic acids is 1. The van der Waals surface area contributed by atoms with Crippen molar-refractivity contribution in [1.29, 1.82) is 0 Å². The van der Waals surface area contributed by atoms with E-state index in [1.807, 2.05) is 18.2 Å². The summed E-state index contributed by atoms with van der Waals surface area (Å²) in [7, 11) is 1.44. The third-order valence-corrected chi connectivity index (χ3v) is 4.57. The van der Waals surface area contributed by atoms with Gasteiger partial charge in [-0.1, -0.05) is 25.1 Å². The van der Waals surface area contributed by atoms with Gasteiger partial charge in [0.25, 0.3) is 0 Å². The summed E-state index contributed by atoms with van der Waals surface area (Å²) < 4.78 is 12.9. The van der Waals surface area contributed by atoms with E-state index in [1.165, 1.54) is 12.7 Å². The summed E-state index contributed by atoms with van der Waals surface area (Å²) in [4.78, 5) is 11.8. The molecule has 6 nitrogen and oxygen atoms in total. The van der Waals surface area contributed by atoms with E-state index in [2.05, 4.69) is 27.8 Å². The lowest BCUT2D eigenvalue weighted by atomic mass is 10.0. The molecule has 0 N–H and O–H groups in total. The molecule has 1 aromatic heterocycles. The summed E-state index contributed by atoms with van der Waals surface area (Å²) in [5, 5.41) is 8.54. The van der Waals surface area contributed by atoms with Crippen LogP contribution in [0.3, 0.4) is 0 Å². The summed E-state index contributed by atoms with van der Waals surface area (Å²) in [6.45, 7) is 3.21. The molecule has 2 aromatic rings. The summed E-state index contributed by atoms with van der Waals surface area (Å²) in [5.74, 6) is 2.42. The first kappa shape index (κ1) is 16.5. The second kappa shape index (κ2) is 7.47. The number of aryl methyl sites for hydroxylation is 2. The predicted molar refractivity (Wildman–Crippen MR) is 88.6 cm³/mol. The van der Waals surface area contributed by atoms with Gasteiger partial charge in [-0.05, 0) is 30.9 Å². The number of esters is 1. The van der Waals surface area contributed by atoms with Crippen molar-refractivity contribution >= 4 is 5.97 Å². The normalized spacial score (nSPS) is 17.0. The van der Waals surface area contributed by atoms with Crippen LogP contribution in [0.4, 0.5) is 0 Å². The number of para-hydroxylation sites is 1. The van der Waals surface area contributed by atoms with Gasteiger partial charge in [0.15, 0.2) is 5.82 Å². The smallest absolute Gasteiger partial charge is 0.308 e. The SMILES string of the molecule is CCc1ccccc1OCc1nnc2n1CCC(C(=O)OC)CC2. The molecule has 0 spiro atoms. The Morgan fingerprint density at radius 1 is 1.29 bits per heavy atom. The van der Waals surface area contributed by atoms with E-state index < -0.39 is 0 Å². The van der Waals surface area contributed by atoms with Gasteiger partial charge in [-0.25, -0.2) is 0 Å². The lowest BCUT2D eigenvalue weighted by Crippen LogP contribution is -2.17. The van der Waals surface area contributed by atoms with Gasteiger partial charge in [-0.3, -0.25) is 4.79 Å². The molecule has 6 heteroatoms. The molecule has 0 bridgehead atoms. The molecule has 128 valence electrons.